The molecule has 2 amide bonds. The summed E-state index contributed by atoms with van der Waals surface area (Å²) >= 11 is 0. The van der Waals surface area contributed by atoms with Crippen molar-refractivity contribution in [1.29, 1.82) is 0 Å². The zero-order valence-corrected chi connectivity index (χ0v) is 15.8. The lowest BCUT2D eigenvalue weighted by Gasteiger charge is -2.38. The smallest absolute Gasteiger partial charge is 0.254 e. The van der Waals surface area contributed by atoms with Gasteiger partial charge in [-0.3, -0.25) is 9.59 Å². The van der Waals surface area contributed by atoms with E-state index in [0.717, 1.165) is 25.7 Å². The van der Waals surface area contributed by atoms with E-state index >= 15 is 0 Å². The Morgan fingerprint density at radius 2 is 1.88 bits per heavy atom. The van der Waals surface area contributed by atoms with Gasteiger partial charge in [0, 0.05) is 18.7 Å². The number of likely N-dealkylation sites (N-methyl/N-ethyl adjacent to an activating group) is 1. The van der Waals surface area contributed by atoms with E-state index in [1.807, 2.05) is 13.8 Å². The van der Waals surface area contributed by atoms with Gasteiger partial charge in [-0.2, -0.15) is 0 Å². The Bertz CT molecular complexity index is 684. The number of carbonyl (C=O) groups is 2. The first-order valence-electron chi connectivity index (χ1n) is 9.44. The quantitative estimate of drug-likeness (QED) is 0.876. The zero-order valence-electron chi connectivity index (χ0n) is 15.8. The SMILES string of the molecule is CC[C@@](C)(C(=O)NC1CCCCC1)N(C)C(=O)c1ccc2c(c1)OCO2. The molecule has 0 radical (unpaired) electrons. The van der Waals surface area contributed by atoms with Gasteiger partial charge in [-0.05, 0) is 44.4 Å². The number of ether oxygens (including phenoxy) is 2. The van der Waals surface area contributed by atoms with Crippen LogP contribution in [0, 0.1) is 0 Å². The maximum atomic E-state index is 13.0. The highest BCUT2D eigenvalue weighted by Crippen LogP contribution is 2.33. The van der Waals surface area contributed by atoms with Crippen molar-refractivity contribution in [3.63, 3.8) is 0 Å². The molecule has 1 atom stereocenters. The van der Waals surface area contributed by atoms with E-state index in [1.54, 1.807) is 30.1 Å². The summed E-state index contributed by atoms with van der Waals surface area (Å²) in [7, 11) is 1.69. The number of nitrogens with zero attached hydrogens (tertiary/aromatic N) is 1. The van der Waals surface area contributed by atoms with E-state index in [0.29, 0.717) is 23.5 Å². The molecule has 1 aliphatic carbocycles. The van der Waals surface area contributed by atoms with Crippen LogP contribution in [0.3, 0.4) is 0 Å². The second-order valence-corrected chi connectivity index (χ2v) is 7.37. The molecule has 6 heteroatoms. The van der Waals surface area contributed by atoms with Gasteiger partial charge in [0.25, 0.3) is 5.91 Å². The highest BCUT2D eigenvalue weighted by Gasteiger charge is 2.39. The molecule has 1 aromatic carbocycles. The van der Waals surface area contributed by atoms with E-state index < -0.39 is 5.54 Å². The predicted molar refractivity (Wildman–Crippen MR) is 98.4 cm³/mol. The molecule has 1 fully saturated rings. The number of rotatable bonds is 5. The first-order chi connectivity index (χ1) is 12.5. The van der Waals surface area contributed by atoms with E-state index in [-0.39, 0.29) is 24.6 Å². The van der Waals surface area contributed by atoms with Crippen molar-refractivity contribution >= 4 is 11.8 Å². The predicted octanol–water partition coefficient (Wildman–Crippen LogP) is 3.10. The van der Waals surface area contributed by atoms with Gasteiger partial charge < -0.3 is 19.7 Å². The fourth-order valence-corrected chi connectivity index (χ4v) is 3.59. The van der Waals surface area contributed by atoms with Crippen LogP contribution >= 0.6 is 0 Å². The number of carbonyl (C=O) groups excluding carboxylic acids is 2. The molecule has 1 aliphatic heterocycles. The highest BCUT2D eigenvalue weighted by molar-refractivity contribution is 5.99. The van der Waals surface area contributed by atoms with Gasteiger partial charge in [-0.15, -0.1) is 0 Å². The number of hydrogen-bond donors (Lipinski definition) is 1. The Balaban J connectivity index is 1.74. The Kier molecular flexibility index (Phi) is 5.39. The van der Waals surface area contributed by atoms with Gasteiger partial charge >= 0.3 is 0 Å². The molecule has 2 aliphatic rings. The summed E-state index contributed by atoms with van der Waals surface area (Å²) in [4.78, 5) is 27.5. The summed E-state index contributed by atoms with van der Waals surface area (Å²) < 4.78 is 10.7. The van der Waals surface area contributed by atoms with Gasteiger partial charge in [0.15, 0.2) is 11.5 Å². The van der Waals surface area contributed by atoms with E-state index in [4.69, 9.17) is 9.47 Å². The molecule has 0 aromatic heterocycles. The average Bonchev–Trinajstić information content (AvgIpc) is 3.14. The first kappa shape index (κ1) is 18.5. The van der Waals surface area contributed by atoms with Crippen LogP contribution in [0.15, 0.2) is 18.2 Å². The number of benzene rings is 1. The number of amides is 2. The van der Waals surface area contributed by atoms with Crippen LogP contribution in [0.5, 0.6) is 11.5 Å². The Hall–Kier alpha value is -2.24. The summed E-state index contributed by atoms with van der Waals surface area (Å²) in [5, 5.41) is 3.16. The Morgan fingerprint density at radius 3 is 2.58 bits per heavy atom. The zero-order chi connectivity index (χ0) is 18.7. The van der Waals surface area contributed by atoms with Crippen LogP contribution in [0.1, 0.15) is 62.7 Å². The molecular formula is C20H28N2O4. The minimum Gasteiger partial charge on any atom is -0.454 e. The van der Waals surface area contributed by atoms with E-state index in [2.05, 4.69) is 5.32 Å². The minimum absolute atomic E-state index is 0.0801. The Labute approximate surface area is 154 Å². The molecule has 1 aromatic rings. The van der Waals surface area contributed by atoms with Gasteiger partial charge in [-0.25, -0.2) is 0 Å². The molecule has 3 rings (SSSR count). The lowest BCUT2D eigenvalue weighted by Crippen LogP contribution is -2.58. The monoisotopic (exact) mass is 360 g/mol. The molecule has 1 saturated carbocycles. The standard InChI is InChI=1S/C20H28N2O4/c1-4-20(2,19(24)21-15-8-6-5-7-9-15)22(3)18(23)14-10-11-16-17(12-14)26-13-25-16/h10-12,15H,4-9,13H2,1-3H3,(H,21,24)/t20-/m0/s1. The Morgan fingerprint density at radius 1 is 1.19 bits per heavy atom. The van der Waals surface area contributed by atoms with E-state index in [9.17, 15) is 9.59 Å². The van der Waals surface area contributed by atoms with Gasteiger partial charge in [0.1, 0.15) is 5.54 Å². The normalized spacial score (nSPS) is 18.9. The van der Waals surface area contributed by atoms with Crippen LogP contribution < -0.4 is 14.8 Å². The van der Waals surface area contributed by atoms with Crippen molar-refractivity contribution in [2.75, 3.05) is 13.8 Å². The number of fused-ring (bicyclic) bond motifs is 1. The second kappa shape index (κ2) is 7.56. The van der Waals surface area contributed by atoms with Crippen molar-refractivity contribution in [2.45, 2.75) is 64.0 Å². The van der Waals surface area contributed by atoms with Crippen molar-refractivity contribution < 1.29 is 19.1 Å². The fourth-order valence-electron chi connectivity index (χ4n) is 3.59. The van der Waals surface area contributed by atoms with Crippen LogP contribution in [0.4, 0.5) is 0 Å². The lowest BCUT2D eigenvalue weighted by molar-refractivity contribution is -0.131. The molecule has 1 heterocycles. The molecule has 0 bridgehead atoms. The van der Waals surface area contributed by atoms with Crippen molar-refractivity contribution in [3.8, 4) is 11.5 Å². The molecule has 1 N–H and O–H groups in total. The molecule has 26 heavy (non-hydrogen) atoms. The fraction of sp³-hybridized carbons (Fsp3) is 0.600. The van der Waals surface area contributed by atoms with Crippen molar-refractivity contribution in [1.82, 2.24) is 10.2 Å². The highest BCUT2D eigenvalue weighted by atomic mass is 16.7. The largest absolute Gasteiger partial charge is 0.454 e. The molecule has 6 nitrogen and oxygen atoms in total. The summed E-state index contributed by atoms with van der Waals surface area (Å²) in [6, 6.07) is 5.34. The maximum absolute atomic E-state index is 13.0. The third kappa shape index (κ3) is 3.50. The van der Waals surface area contributed by atoms with Crippen LogP contribution in [-0.4, -0.2) is 42.1 Å². The van der Waals surface area contributed by atoms with Crippen LogP contribution in [0.2, 0.25) is 0 Å². The van der Waals surface area contributed by atoms with Gasteiger partial charge in [0.2, 0.25) is 12.7 Å². The summed E-state index contributed by atoms with van der Waals surface area (Å²) in [5.74, 6) is 0.918. The molecular weight excluding hydrogens is 332 g/mol. The van der Waals surface area contributed by atoms with E-state index in [1.165, 1.54) is 6.42 Å². The summed E-state index contributed by atoms with van der Waals surface area (Å²) in [5.41, 5.74) is -0.410. The summed E-state index contributed by atoms with van der Waals surface area (Å²) in [6.45, 7) is 3.93. The van der Waals surface area contributed by atoms with Crippen LogP contribution in [0.25, 0.3) is 0 Å². The maximum Gasteiger partial charge on any atom is 0.254 e. The minimum atomic E-state index is -0.898. The first-order valence-corrected chi connectivity index (χ1v) is 9.44. The van der Waals surface area contributed by atoms with Gasteiger partial charge in [-0.1, -0.05) is 26.2 Å². The molecule has 0 saturated heterocycles. The van der Waals surface area contributed by atoms with Gasteiger partial charge in [0.05, 0.1) is 0 Å². The third-order valence-electron chi connectivity index (χ3n) is 5.78. The number of nitrogens with one attached hydrogen (secondary N) is 1. The molecule has 0 spiro atoms. The number of hydrogen-bond acceptors (Lipinski definition) is 4. The summed E-state index contributed by atoms with van der Waals surface area (Å²) in [6.07, 6.45) is 6.12. The topological polar surface area (TPSA) is 67.9 Å². The van der Waals surface area contributed by atoms with Crippen LogP contribution in [-0.2, 0) is 4.79 Å². The second-order valence-electron chi connectivity index (χ2n) is 7.37. The molecule has 142 valence electrons. The van der Waals surface area contributed by atoms with Crippen molar-refractivity contribution in [2.24, 2.45) is 0 Å². The lowest BCUT2D eigenvalue weighted by atomic mass is 9.91. The van der Waals surface area contributed by atoms with Crippen molar-refractivity contribution in [3.05, 3.63) is 23.8 Å². The average molecular weight is 360 g/mol. The molecule has 0 unspecified atom stereocenters. The third-order valence-corrected chi connectivity index (χ3v) is 5.78.